The Morgan fingerprint density at radius 1 is 1.42 bits per heavy atom. The maximum atomic E-state index is 11.9. The lowest BCUT2D eigenvalue weighted by Crippen LogP contribution is -2.37. The Kier molecular flexibility index (Phi) is 4.13. The van der Waals surface area contributed by atoms with Gasteiger partial charge in [-0.15, -0.1) is 0 Å². The summed E-state index contributed by atoms with van der Waals surface area (Å²) in [7, 11) is -1.95. The van der Waals surface area contributed by atoms with E-state index < -0.39 is 10.2 Å². The Hall–Kier alpha value is -1.11. The molecule has 1 aliphatic heterocycles. The van der Waals surface area contributed by atoms with Crippen molar-refractivity contribution in [2.45, 2.75) is 26.3 Å². The van der Waals surface area contributed by atoms with Crippen LogP contribution in [0.25, 0.3) is 0 Å². The summed E-state index contributed by atoms with van der Waals surface area (Å²) in [5.74, 6) is 0. The van der Waals surface area contributed by atoms with Crippen molar-refractivity contribution in [3.05, 3.63) is 29.3 Å². The first-order valence-electron chi connectivity index (χ1n) is 6.57. The highest BCUT2D eigenvalue weighted by atomic mass is 32.2. The van der Waals surface area contributed by atoms with Gasteiger partial charge in [-0.05, 0) is 37.1 Å². The van der Waals surface area contributed by atoms with E-state index >= 15 is 0 Å². The second-order valence-electron chi connectivity index (χ2n) is 4.70. The SMILES string of the molecule is CCNC(C)c1ccc2c(c1)CCN2S(=O)(=O)NC. The average molecular weight is 283 g/mol. The van der Waals surface area contributed by atoms with Gasteiger partial charge in [0.1, 0.15) is 0 Å². The zero-order valence-corrected chi connectivity index (χ0v) is 12.4. The van der Waals surface area contributed by atoms with E-state index in [2.05, 4.69) is 30.0 Å². The molecule has 19 heavy (non-hydrogen) atoms. The third-order valence-electron chi connectivity index (χ3n) is 3.51. The second kappa shape index (κ2) is 5.48. The van der Waals surface area contributed by atoms with Crippen LogP contribution in [0.1, 0.15) is 31.0 Å². The molecule has 0 spiro atoms. The zero-order valence-electron chi connectivity index (χ0n) is 11.6. The number of rotatable bonds is 5. The van der Waals surface area contributed by atoms with Gasteiger partial charge < -0.3 is 5.32 Å². The fourth-order valence-corrected chi connectivity index (χ4v) is 3.43. The smallest absolute Gasteiger partial charge is 0.301 e. The summed E-state index contributed by atoms with van der Waals surface area (Å²) in [5.41, 5.74) is 3.09. The molecule has 0 fully saturated rings. The second-order valence-corrected chi connectivity index (χ2v) is 6.50. The number of fused-ring (bicyclic) bond motifs is 1. The molecule has 0 saturated carbocycles. The van der Waals surface area contributed by atoms with Crippen LogP contribution in [0, 0.1) is 0 Å². The summed E-state index contributed by atoms with van der Waals surface area (Å²) in [4.78, 5) is 0. The Morgan fingerprint density at radius 2 is 2.16 bits per heavy atom. The van der Waals surface area contributed by atoms with Gasteiger partial charge in [0.05, 0.1) is 5.69 Å². The molecule has 0 aliphatic carbocycles. The van der Waals surface area contributed by atoms with Crippen molar-refractivity contribution >= 4 is 15.9 Å². The van der Waals surface area contributed by atoms with Crippen LogP contribution in [0.15, 0.2) is 18.2 Å². The molecule has 1 aromatic rings. The predicted molar refractivity (Wildman–Crippen MR) is 77.6 cm³/mol. The average Bonchev–Trinajstić information content (AvgIpc) is 2.82. The molecule has 1 heterocycles. The largest absolute Gasteiger partial charge is 0.310 e. The zero-order chi connectivity index (χ0) is 14.0. The van der Waals surface area contributed by atoms with Gasteiger partial charge in [0, 0.05) is 19.6 Å². The normalized spacial score (nSPS) is 16.5. The van der Waals surface area contributed by atoms with Crippen LogP contribution in [-0.4, -0.2) is 28.6 Å². The monoisotopic (exact) mass is 283 g/mol. The first-order valence-corrected chi connectivity index (χ1v) is 8.01. The van der Waals surface area contributed by atoms with Crippen LogP contribution in [0.2, 0.25) is 0 Å². The predicted octanol–water partition coefficient (Wildman–Crippen LogP) is 1.18. The minimum atomic E-state index is -3.39. The van der Waals surface area contributed by atoms with Crippen LogP contribution in [0.4, 0.5) is 5.69 Å². The summed E-state index contributed by atoms with van der Waals surface area (Å²) in [6.07, 6.45) is 0.767. The van der Waals surface area contributed by atoms with Crippen LogP contribution in [0.5, 0.6) is 0 Å². The lowest BCUT2D eigenvalue weighted by molar-refractivity contribution is 0.584. The fourth-order valence-electron chi connectivity index (χ4n) is 2.44. The third-order valence-corrected chi connectivity index (χ3v) is 4.99. The maximum absolute atomic E-state index is 11.9. The van der Waals surface area contributed by atoms with Crippen LogP contribution >= 0.6 is 0 Å². The van der Waals surface area contributed by atoms with E-state index in [-0.39, 0.29) is 6.04 Å². The fraction of sp³-hybridized carbons (Fsp3) is 0.538. The molecule has 2 rings (SSSR count). The highest BCUT2D eigenvalue weighted by Crippen LogP contribution is 2.31. The molecule has 0 bridgehead atoms. The molecular weight excluding hydrogens is 262 g/mol. The molecule has 1 unspecified atom stereocenters. The Balaban J connectivity index is 2.30. The Labute approximate surface area is 115 Å². The number of hydrogen-bond acceptors (Lipinski definition) is 3. The quantitative estimate of drug-likeness (QED) is 0.853. The Morgan fingerprint density at radius 3 is 2.79 bits per heavy atom. The van der Waals surface area contributed by atoms with Crippen molar-refractivity contribution in [1.29, 1.82) is 0 Å². The molecule has 1 aromatic carbocycles. The minimum Gasteiger partial charge on any atom is -0.310 e. The molecule has 0 amide bonds. The van der Waals surface area contributed by atoms with E-state index in [4.69, 9.17) is 0 Å². The molecular formula is C13H21N3O2S. The number of benzene rings is 1. The van der Waals surface area contributed by atoms with Gasteiger partial charge in [0.15, 0.2) is 0 Å². The highest BCUT2D eigenvalue weighted by Gasteiger charge is 2.28. The summed E-state index contributed by atoms with van der Waals surface area (Å²) in [6, 6.07) is 6.29. The highest BCUT2D eigenvalue weighted by molar-refractivity contribution is 7.90. The van der Waals surface area contributed by atoms with Gasteiger partial charge in [-0.25, -0.2) is 4.72 Å². The molecule has 1 aliphatic rings. The van der Waals surface area contributed by atoms with Crippen molar-refractivity contribution in [2.24, 2.45) is 0 Å². The first kappa shape index (κ1) is 14.3. The van der Waals surface area contributed by atoms with Gasteiger partial charge in [-0.3, -0.25) is 4.31 Å². The van der Waals surface area contributed by atoms with Crippen molar-refractivity contribution in [1.82, 2.24) is 10.0 Å². The van der Waals surface area contributed by atoms with E-state index in [1.165, 1.54) is 16.9 Å². The van der Waals surface area contributed by atoms with Gasteiger partial charge in [-0.1, -0.05) is 19.1 Å². The number of nitrogens with one attached hydrogen (secondary N) is 2. The van der Waals surface area contributed by atoms with E-state index in [0.29, 0.717) is 6.54 Å². The molecule has 5 nitrogen and oxygen atoms in total. The molecule has 0 radical (unpaired) electrons. The minimum absolute atomic E-state index is 0.283. The summed E-state index contributed by atoms with van der Waals surface area (Å²) < 4.78 is 27.6. The van der Waals surface area contributed by atoms with Crippen molar-refractivity contribution in [3.63, 3.8) is 0 Å². The third kappa shape index (κ3) is 2.75. The van der Waals surface area contributed by atoms with Gasteiger partial charge in [0.2, 0.25) is 0 Å². The summed E-state index contributed by atoms with van der Waals surface area (Å²) in [5, 5.41) is 3.36. The summed E-state index contributed by atoms with van der Waals surface area (Å²) in [6.45, 7) is 5.61. The van der Waals surface area contributed by atoms with E-state index in [9.17, 15) is 8.42 Å². The molecule has 2 N–H and O–H groups in total. The summed E-state index contributed by atoms with van der Waals surface area (Å²) >= 11 is 0. The van der Waals surface area contributed by atoms with E-state index in [1.807, 2.05) is 12.1 Å². The molecule has 1 atom stereocenters. The van der Waals surface area contributed by atoms with Crippen LogP contribution < -0.4 is 14.3 Å². The lowest BCUT2D eigenvalue weighted by atomic mass is 10.0. The molecule has 0 saturated heterocycles. The maximum Gasteiger partial charge on any atom is 0.301 e. The first-order chi connectivity index (χ1) is 8.99. The molecule has 6 heteroatoms. The van der Waals surface area contributed by atoms with Gasteiger partial charge in [-0.2, -0.15) is 8.42 Å². The standard InChI is InChI=1S/C13H21N3O2S/c1-4-15-10(2)11-5-6-13-12(9-11)7-8-16(13)19(17,18)14-3/h5-6,9-10,14-15H,4,7-8H2,1-3H3. The van der Waals surface area contributed by atoms with Gasteiger partial charge >= 0.3 is 10.2 Å². The van der Waals surface area contributed by atoms with Crippen molar-refractivity contribution in [2.75, 3.05) is 24.4 Å². The number of hydrogen-bond donors (Lipinski definition) is 2. The molecule has 0 aromatic heterocycles. The van der Waals surface area contributed by atoms with E-state index in [1.54, 1.807) is 0 Å². The lowest BCUT2D eigenvalue weighted by Gasteiger charge is -2.19. The van der Waals surface area contributed by atoms with E-state index in [0.717, 1.165) is 24.2 Å². The van der Waals surface area contributed by atoms with Crippen molar-refractivity contribution in [3.8, 4) is 0 Å². The number of nitrogens with zero attached hydrogens (tertiary/aromatic N) is 1. The topological polar surface area (TPSA) is 61.4 Å². The van der Waals surface area contributed by atoms with Gasteiger partial charge in [0.25, 0.3) is 0 Å². The Bertz CT molecular complexity index is 557. The number of anilines is 1. The van der Waals surface area contributed by atoms with Crippen LogP contribution in [0.3, 0.4) is 0 Å². The van der Waals surface area contributed by atoms with Crippen LogP contribution in [-0.2, 0) is 16.6 Å². The van der Waals surface area contributed by atoms with Crippen molar-refractivity contribution < 1.29 is 8.42 Å². The molecule has 106 valence electrons.